The molecule has 2 aliphatic rings. The minimum absolute atomic E-state index is 0.335. The molecule has 20 heavy (non-hydrogen) atoms. The lowest BCUT2D eigenvalue weighted by molar-refractivity contribution is 0.382. The van der Waals surface area contributed by atoms with Crippen LogP contribution in [-0.2, 0) is 10.0 Å². The van der Waals surface area contributed by atoms with Gasteiger partial charge in [-0.3, -0.25) is 0 Å². The van der Waals surface area contributed by atoms with Crippen molar-refractivity contribution in [1.29, 1.82) is 0 Å². The van der Waals surface area contributed by atoms with Gasteiger partial charge in [0.25, 0.3) is 0 Å². The van der Waals surface area contributed by atoms with Crippen molar-refractivity contribution < 1.29 is 8.42 Å². The Morgan fingerprint density at radius 2 is 1.70 bits per heavy atom. The van der Waals surface area contributed by atoms with Crippen LogP contribution in [0.15, 0.2) is 23.1 Å². The van der Waals surface area contributed by atoms with Crippen molar-refractivity contribution in [1.82, 2.24) is 4.31 Å². The van der Waals surface area contributed by atoms with Gasteiger partial charge in [0.05, 0.1) is 4.90 Å². The fourth-order valence-electron chi connectivity index (χ4n) is 2.38. The molecule has 0 atom stereocenters. The number of rotatable bonds is 6. The summed E-state index contributed by atoms with van der Waals surface area (Å²) in [5, 5.41) is 0. The number of hydrogen-bond donors (Lipinski definition) is 1. The number of nitrogens with two attached hydrogens (primary N) is 1. The molecule has 110 valence electrons. The molecular weight excluding hydrogens is 272 g/mol. The van der Waals surface area contributed by atoms with Gasteiger partial charge < -0.3 is 5.73 Å². The van der Waals surface area contributed by atoms with Crippen LogP contribution in [0.5, 0.6) is 0 Å². The maximum absolute atomic E-state index is 12.8. The van der Waals surface area contributed by atoms with Crippen molar-refractivity contribution in [2.45, 2.75) is 37.5 Å². The predicted molar refractivity (Wildman–Crippen MR) is 79.8 cm³/mol. The Balaban J connectivity index is 1.86. The van der Waals surface area contributed by atoms with Crippen LogP contribution in [0.2, 0.25) is 0 Å². The van der Waals surface area contributed by atoms with Crippen molar-refractivity contribution in [3.05, 3.63) is 23.8 Å². The second-order valence-electron chi connectivity index (χ2n) is 6.23. The van der Waals surface area contributed by atoms with Gasteiger partial charge in [-0.2, -0.15) is 4.31 Å². The molecule has 5 heteroatoms. The molecule has 1 aromatic carbocycles. The van der Waals surface area contributed by atoms with Crippen molar-refractivity contribution in [3.8, 4) is 0 Å². The topological polar surface area (TPSA) is 63.4 Å². The zero-order chi connectivity index (χ0) is 14.3. The van der Waals surface area contributed by atoms with E-state index in [1.165, 1.54) is 0 Å². The smallest absolute Gasteiger partial charge is 0.243 e. The van der Waals surface area contributed by atoms with Gasteiger partial charge in [-0.05, 0) is 62.1 Å². The van der Waals surface area contributed by atoms with Gasteiger partial charge in [-0.15, -0.1) is 0 Å². The zero-order valence-electron chi connectivity index (χ0n) is 11.9. The molecule has 2 fully saturated rings. The van der Waals surface area contributed by atoms with Gasteiger partial charge in [0.1, 0.15) is 0 Å². The van der Waals surface area contributed by atoms with E-state index in [9.17, 15) is 8.42 Å². The normalized spacial score (nSPS) is 19.5. The van der Waals surface area contributed by atoms with Crippen LogP contribution in [0, 0.1) is 18.8 Å². The highest BCUT2D eigenvalue weighted by Crippen LogP contribution is 2.36. The van der Waals surface area contributed by atoms with E-state index in [4.69, 9.17) is 5.73 Å². The summed E-state index contributed by atoms with van der Waals surface area (Å²) >= 11 is 0. The molecule has 2 N–H and O–H groups in total. The first kappa shape index (κ1) is 13.9. The van der Waals surface area contributed by atoms with E-state index in [1.807, 2.05) is 6.92 Å². The molecule has 4 nitrogen and oxygen atoms in total. The molecule has 0 amide bonds. The maximum Gasteiger partial charge on any atom is 0.243 e. The Hall–Kier alpha value is -1.07. The van der Waals surface area contributed by atoms with Crippen LogP contribution in [-0.4, -0.2) is 25.8 Å². The van der Waals surface area contributed by atoms with E-state index >= 15 is 0 Å². The molecule has 0 aromatic heterocycles. The third-order valence-electron chi connectivity index (χ3n) is 4.21. The summed E-state index contributed by atoms with van der Waals surface area (Å²) in [6.45, 7) is 3.23. The summed E-state index contributed by atoms with van der Waals surface area (Å²) in [5.74, 6) is 1.12. The average Bonchev–Trinajstić information content (AvgIpc) is 3.26. The predicted octanol–water partition coefficient (Wildman–Crippen LogP) is 2.39. The largest absolute Gasteiger partial charge is 0.398 e. The molecule has 0 bridgehead atoms. The third-order valence-corrected chi connectivity index (χ3v) is 6.03. The average molecular weight is 294 g/mol. The Morgan fingerprint density at radius 1 is 1.15 bits per heavy atom. The number of anilines is 1. The first-order valence-electron chi connectivity index (χ1n) is 7.33. The van der Waals surface area contributed by atoms with Gasteiger partial charge >= 0.3 is 0 Å². The molecule has 0 saturated heterocycles. The SMILES string of the molecule is Cc1ccc(S(=O)(=O)N(CC2CC2)CC2CC2)cc1N. The minimum Gasteiger partial charge on any atom is -0.398 e. The van der Waals surface area contributed by atoms with Crippen molar-refractivity contribution >= 4 is 15.7 Å². The number of benzene rings is 1. The molecule has 2 saturated carbocycles. The molecule has 0 spiro atoms. The van der Waals surface area contributed by atoms with Gasteiger partial charge in [-0.1, -0.05) is 6.07 Å². The van der Waals surface area contributed by atoms with Gasteiger partial charge in [0.2, 0.25) is 10.0 Å². The minimum atomic E-state index is -3.40. The molecule has 0 aliphatic heterocycles. The Labute approximate surface area is 121 Å². The lowest BCUT2D eigenvalue weighted by Crippen LogP contribution is -2.34. The van der Waals surface area contributed by atoms with E-state index in [-0.39, 0.29) is 0 Å². The van der Waals surface area contributed by atoms with Crippen LogP contribution in [0.4, 0.5) is 5.69 Å². The summed E-state index contributed by atoms with van der Waals surface area (Å²) < 4.78 is 27.3. The number of aryl methyl sites for hydroxylation is 1. The van der Waals surface area contributed by atoms with Crippen molar-refractivity contribution in [2.75, 3.05) is 18.8 Å². The quantitative estimate of drug-likeness (QED) is 0.819. The fraction of sp³-hybridized carbons (Fsp3) is 0.600. The monoisotopic (exact) mass is 294 g/mol. The molecule has 0 heterocycles. The second kappa shape index (κ2) is 5.04. The molecule has 0 radical (unpaired) electrons. The van der Waals surface area contributed by atoms with Crippen molar-refractivity contribution in [2.24, 2.45) is 11.8 Å². The maximum atomic E-state index is 12.8. The van der Waals surface area contributed by atoms with Gasteiger partial charge in [0, 0.05) is 18.8 Å². The number of nitrogen functional groups attached to an aromatic ring is 1. The Bertz CT molecular complexity index is 590. The Kier molecular flexibility index (Phi) is 3.50. The highest BCUT2D eigenvalue weighted by atomic mass is 32.2. The van der Waals surface area contributed by atoms with E-state index < -0.39 is 10.0 Å². The molecular formula is C15H22N2O2S. The van der Waals surface area contributed by atoms with Crippen LogP contribution in [0.3, 0.4) is 0 Å². The lowest BCUT2D eigenvalue weighted by Gasteiger charge is -2.22. The van der Waals surface area contributed by atoms with Crippen LogP contribution in [0.25, 0.3) is 0 Å². The zero-order valence-corrected chi connectivity index (χ0v) is 12.7. The second-order valence-corrected chi connectivity index (χ2v) is 8.17. The standard InChI is InChI=1S/C15H22N2O2S/c1-11-2-7-14(8-15(11)16)20(18,19)17(9-12-3-4-12)10-13-5-6-13/h2,7-8,12-13H,3-6,9-10,16H2,1H3. The van der Waals surface area contributed by atoms with Gasteiger partial charge in [-0.25, -0.2) is 8.42 Å². The summed E-state index contributed by atoms with van der Waals surface area (Å²) in [7, 11) is -3.40. The summed E-state index contributed by atoms with van der Waals surface area (Å²) in [4.78, 5) is 0.335. The van der Waals surface area contributed by atoms with Crippen molar-refractivity contribution in [3.63, 3.8) is 0 Å². The summed E-state index contributed by atoms with van der Waals surface area (Å²) in [5.41, 5.74) is 7.32. The fourth-order valence-corrected chi connectivity index (χ4v) is 4.00. The highest BCUT2D eigenvalue weighted by molar-refractivity contribution is 7.89. The van der Waals surface area contributed by atoms with Gasteiger partial charge in [0.15, 0.2) is 0 Å². The first-order chi connectivity index (χ1) is 9.46. The number of nitrogens with zero attached hydrogens (tertiary/aromatic N) is 1. The Morgan fingerprint density at radius 3 is 2.15 bits per heavy atom. The molecule has 1 aromatic rings. The molecule has 2 aliphatic carbocycles. The van der Waals surface area contributed by atoms with E-state index in [1.54, 1.807) is 22.5 Å². The molecule has 3 rings (SSSR count). The van der Waals surface area contributed by atoms with E-state index in [0.29, 0.717) is 35.5 Å². The molecule has 0 unspecified atom stereocenters. The third kappa shape index (κ3) is 2.99. The van der Waals surface area contributed by atoms with E-state index in [2.05, 4.69) is 0 Å². The van der Waals surface area contributed by atoms with E-state index in [0.717, 1.165) is 31.2 Å². The number of sulfonamides is 1. The highest BCUT2D eigenvalue weighted by Gasteiger charge is 2.35. The summed E-state index contributed by atoms with van der Waals surface area (Å²) in [6.07, 6.45) is 4.64. The first-order valence-corrected chi connectivity index (χ1v) is 8.77. The van der Waals surface area contributed by atoms with Crippen LogP contribution >= 0.6 is 0 Å². The number of hydrogen-bond acceptors (Lipinski definition) is 3. The summed E-state index contributed by atoms with van der Waals surface area (Å²) in [6, 6.07) is 5.06. The lowest BCUT2D eigenvalue weighted by atomic mass is 10.2. The van der Waals surface area contributed by atoms with Crippen LogP contribution in [0.1, 0.15) is 31.2 Å². The van der Waals surface area contributed by atoms with Crippen LogP contribution < -0.4 is 5.73 Å².